The fourth-order valence-corrected chi connectivity index (χ4v) is 3.58. The molecule has 4 aromatic rings. The number of rotatable bonds is 5. The Bertz CT molecular complexity index is 1480. The summed E-state index contributed by atoms with van der Waals surface area (Å²) in [7, 11) is 1.61. The summed E-state index contributed by atoms with van der Waals surface area (Å²) in [6.45, 7) is 1.73. The lowest BCUT2D eigenvalue weighted by molar-refractivity contribution is -0.384. The van der Waals surface area contributed by atoms with Gasteiger partial charge in [0, 0.05) is 31.1 Å². The molecule has 0 radical (unpaired) electrons. The second kappa shape index (κ2) is 7.99. The second-order valence-corrected chi connectivity index (χ2v) is 7.39. The van der Waals surface area contributed by atoms with E-state index in [9.17, 15) is 24.5 Å². The number of H-pyrrole nitrogens is 1. The predicted molar refractivity (Wildman–Crippen MR) is 119 cm³/mol. The van der Waals surface area contributed by atoms with E-state index >= 15 is 0 Å². The van der Waals surface area contributed by atoms with Crippen molar-refractivity contribution in [2.75, 3.05) is 5.32 Å². The van der Waals surface area contributed by atoms with Crippen molar-refractivity contribution in [1.82, 2.24) is 14.1 Å². The van der Waals surface area contributed by atoms with Crippen molar-refractivity contribution in [2.45, 2.75) is 13.5 Å². The average Bonchev–Trinajstić information content (AvgIpc) is 3.09. The summed E-state index contributed by atoms with van der Waals surface area (Å²) < 4.78 is 2.58. The fraction of sp³-hybridized carbons (Fsp3) is 0.136. The standard InChI is InChI=1S/C22H19N5O5/c1-13-10-15(27(31)32)8-9-17(13)23-20(28)16-12-25(2)19-18(16)24-22(30)26(21(19)29)11-14-6-4-3-5-7-14/h3-10,12H,11H2,1-2H3,(H,23,28)(H,24,30). The molecule has 0 spiro atoms. The number of non-ortho nitro benzene ring substituents is 1. The molecule has 0 fully saturated rings. The lowest BCUT2D eigenvalue weighted by Gasteiger charge is -2.08. The summed E-state index contributed by atoms with van der Waals surface area (Å²) in [5, 5.41) is 13.6. The van der Waals surface area contributed by atoms with E-state index in [2.05, 4.69) is 10.3 Å². The molecule has 2 aromatic heterocycles. The Morgan fingerprint density at radius 3 is 2.53 bits per heavy atom. The molecule has 2 aromatic carbocycles. The van der Waals surface area contributed by atoms with Crippen LogP contribution in [0.2, 0.25) is 0 Å². The summed E-state index contributed by atoms with van der Waals surface area (Å²) >= 11 is 0. The van der Waals surface area contributed by atoms with Gasteiger partial charge in [-0.25, -0.2) is 4.79 Å². The first-order valence-electron chi connectivity index (χ1n) is 9.68. The van der Waals surface area contributed by atoms with Gasteiger partial charge in [0.1, 0.15) is 5.52 Å². The molecule has 10 heteroatoms. The molecule has 0 aliphatic heterocycles. The van der Waals surface area contributed by atoms with Crippen LogP contribution in [0.5, 0.6) is 0 Å². The predicted octanol–water partition coefficient (Wildman–Crippen LogP) is 2.55. The number of hydrogen-bond donors (Lipinski definition) is 2. The zero-order valence-corrected chi connectivity index (χ0v) is 17.3. The summed E-state index contributed by atoms with van der Waals surface area (Å²) in [6, 6.07) is 13.2. The lowest BCUT2D eigenvalue weighted by Crippen LogP contribution is -2.36. The molecule has 0 saturated heterocycles. The molecule has 0 unspecified atom stereocenters. The van der Waals surface area contributed by atoms with Crippen molar-refractivity contribution in [1.29, 1.82) is 0 Å². The maximum Gasteiger partial charge on any atom is 0.329 e. The van der Waals surface area contributed by atoms with Crippen LogP contribution in [0.25, 0.3) is 11.0 Å². The molecule has 1 amide bonds. The molecular formula is C22H19N5O5. The van der Waals surface area contributed by atoms with Crippen LogP contribution < -0.4 is 16.6 Å². The molecule has 0 bridgehead atoms. The maximum absolute atomic E-state index is 13.1. The van der Waals surface area contributed by atoms with Crippen molar-refractivity contribution >= 4 is 28.3 Å². The smallest absolute Gasteiger partial charge is 0.329 e. The molecule has 10 nitrogen and oxygen atoms in total. The van der Waals surface area contributed by atoms with Crippen molar-refractivity contribution in [3.63, 3.8) is 0 Å². The third kappa shape index (κ3) is 3.69. The summed E-state index contributed by atoms with van der Waals surface area (Å²) in [5.41, 5.74) is 0.883. The number of aryl methyl sites for hydroxylation is 2. The highest BCUT2D eigenvalue weighted by Crippen LogP contribution is 2.23. The number of anilines is 1. The number of aromatic amines is 1. The number of nitro groups is 1. The quantitative estimate of drug-likeness (QED) is 0.369. The van der Waals surface area contributed by atoms with E-state index in [1.807, 2.05) is 30.3 Å². The molecule has 32 heavy (non-hydrogen) atoms. The highest BCUT2D eigenvalue weighted by molar-refractivity contribution is 6.12. The van der Waals surface area contributed by atoms with Crippen LogP contribution in [0.15, 0.2) is 64.3 Å². The van der Waals surface area contributed by atoms with Crippen molar-refractivity contribution in [3.8, 4) is 0 Å². The van der Waals surface area contributed by atoms with Gasteiger partial charge >= 0.3 is 5.69 Å². The molecule has 0 aliphatic rings. The largest absolute Gasteiger partial charge is 0.344 e. The minimum absolute atomic E-state index is 0.0889. The number of amides is 1. The van der Waals surface area contributed by atoms with Crippen LogP contribution >= 0.6 is 0 Å². The van der Waals surface area contributed by atoms with Gasteiger partial charge in [0.05, 0.1) is 22.5 Å². The monoisotopic (exact) mass is 433 g/mol. The average molecular weight is 433 g/mol. The third-order valence-electron chi connectivity index (χ3n) is 5.20. The minimum atomic E-state index is -0.627. The highest BCUT2D eigenvalue weighted by atomic mass is 16.6. The number of nitrogens with one attached hydrogen (secondary N) is 2. The first-order chi connectivity index (χ1) is 15.3. The van der Waals surface area contributed by atoms with Gasteiger partial charge in [0.25, 0.3) is 17.2 Å². The Labute approximate surface area is 180 Å². The van der Waals surface area contributed by atoms with Gasteiger partial charge in [0.15, 0.2) is 0 Å². The van der Waals surface area contributed by atoms with Gasteiger partial charge in [-0.1, -0.05) is 30.3 Å². The topological polar surface area (TPSA) is 132 Å². The zero-order chi connectivity index (χ0) is 23.0. The Morgan fingerprint density at radius 2 is 1.88 bits per heavy atom. The van der Waals surface area contributed by atoms with E-state index in [1.165, 1.54) is 29.0 Å². The first kappa shape index (κ1) is 20.8. The van der Waals surface area contributed by atoms with Gasteiger partial charge in [-0.2, -0.15) is 0 Å². The Balaban J connectivity index is 1.73. The van der Waals surface area contributed by atoms with E-state index in [1.54, 1.807) is 14.0 Å². The number of benzene rings is 2. The molecule has 2 heterocycles. The van der Waals surface area contributed by atoms with Crippen LogP contribution in [-0.2, 0) is 13.6 Å². The molecule has 0 aliphatic carbocycles. The molecule has 0 saturated carbocycles. The maximum atomic E-state index is 13.1. The molecule has 162 valence electrons. The van der Waals surface area contributed by atoms with Crippen LogP contribution in [0.4, 0.5) is 11.4 Å². The number of fused-ring (bicyclic) bond motifs is 1. The van der Waals surface area contributed by atoms with Gasteiger partial charge < -0.3 is 14.9 Å². The number of aromatic nitrogens is 3. The van der Waals surface area contributed by atoms with Crippen LogP contribution in [0.1, 0.15) is 21.5 Å². The van der Waals surface area contributed by atoms with Gasteiger partial charge in [-0.3, -0.25) is 24.3 Å². The van der Waals surface area contributed by atoms with Crippen molar-refractivity contribution in [2.24, 2.45) is 7.05 Å². The highest BCUT2D eigenvalue weighted by Gasteiger charge is 2.20. The Hall–Kier alpha value is -4.47. The van der Waals surface area contributed by atoms with Crippen LogP contribution in [0, 0.1) is 17.0 Å². The van der Waals surface area contributed by atoms with Gasteiger partial charge in [-0.05, 0) is 24.1 Å². The number of nitro benzene ring substituents is 1. The number of carbonyl (C=O) groups is 1. The van der Waals surface area contributed by atoms with E-state index < -0.39 is 22.1 Å². The first-order valence-corrected chi connectivity index (χ1v) is 9.68. The molecule has 4 rings (SSSR count). The SMILES string of the molecule is Cc1cc([N+](=O)[O-])ccc1NC(=O)c1cn(C)c2c(=O)n(Cc3ccccc3)c(=O)[nH]c12. The molecular weight excluding hydrogens is 414 g/mol. The summed E-state index contributed by atoms with van der Waals surface area (Å²) in [4.78, 5) is 51.7. The van der Waals surface area contributed by atoms with E-state index in [4.69, 9.17) is 0 Å². The van der Waals surface area contributed by atoms with E-state index in [0.29, 0.717) is 11.3 Å². The minimum Gasteiger partial charge on any atom is -0.344 e. The Kier molecular flexibility index (Phi) is 5.19. The Morgan fingerprint density at radius 1 is 1.16 bits per heavy atom. The van der Waals surface area contributed by atoms with E-state index in [0.717, 1.165) is 10.1 Å². The van der Waals surface area contributed by atoms with Gasteiger partial charge in [0.2, 0.25) is 0 Å². The fourth-order valence-electron chi connectivity index (χ4n) is 3.58. The number of hydrogen-bond acceptors (Lipinski definition) is 5. The number of carbonyl (C=O) groups excluding carboxylic acids is 1. The van der Waals surface area contributed by atoms with Crippen LogP contribution in [0.3, 0.4) is 0 Å². The molecule has 2 N–H and O–H groups in total. The normalized spacial score (nSPS) is 10.9. The second-order valence-electron chi connectivity index (χ2n) is 7.39. The third-order valence-corrected chi connectivity index (χ3v) is 5.20. The summed E-state index contributed by atoms with van der Waals surface area (Å²) in [6.07, 6.45) is 1.46. The zero-order valence-electron chi connectivity index (χ0n) is 17.3. The van der Waals surface area contributed by atoms with Crippen LogP contribution in [-0.4, -0.2) is 24.9 Å². The van der Waals surface area contributed by atoms with E-state index in [-0.39, 0.29) is 28.8 Å². The van der Waals surface area contributed by atoms with Crippen molar-refractivity contribution < 1.29 is 9.72 Å². The van der Waals surface area contributed by atoms with Crippen molar-refractivity contribution in [3.05, 3.63) is 102 Å². The molecule has 0 atom stereocenters. The summed E-state index contributed by atoms with van der Waals surface area (Å²) in [5.74, 6) is -0.552. The van der Waals surface area contributed by atoms with Gasteiger partial charge in [-0.15, -0.1) is 0 Å². The lowest BCUT2D eigenvalue weighted by atomic mass is 10.1. The number of nitrogens with zero attached hydrogens (tertiary/aromatic N) is 3.